The van der Waals surface area contributed by atoms with E-state index in [0.717, 1.165) is 0 Å². The summed E-state index contributed by atoms with van der Waals surface area (Å²) in [5.74, 6) is -0.573. The third-order valence-corrected chi connectivity index (χ3v) is 3.42. The summed E-state index contributed by atoms with van der Waals surface area (Å²) in [4.78, 5) is 33.0. The van der Waals surface area contributed by atoms with Gasteiger partial charge in [-0.25, -0.2) is 0 Å². The Balaban J connectivity index is 2.33. The fourth-order valence-corrected chi connectivity index (χ4v) is 2.10. The van der Waals surface area contributed by atoms with Gasteiger partial charge in [0, 0.05) is 23.3 Å². The number of aryl methyl sites for hydroxylation is 1. The molecular formula is C15H13N3O5. The van der Waals surface area contributed by atoms with Crippen molar-refractivity contribution in [2.75, 3.05) is 5.32 Å². The minimum Gasteiger partial charge on any atom is -0.321 e. The van der Waals surface area contributed by atoms with E-state index in [1.165, 1.54) is 43.3 Å². The monoisotopic (exact) mass is 315 g/mol. The summed E-state index contributed by atoms with van der Waals surface area (Å²) in [6.45, 7) is 3.09. The smallest absolute Gasteiger partial charge is 0.274 e. The lowest BCUT2D eigenvalue weighted by Gasteiger charge is -2.09. The number of rotatable bonds is 4. The second-order valence-electron chi connectivity index (χ2n) is 4.92. The molecule has 0 spiro atoms. The molecule has 0 unspecified atom stereocenters. The van der Waals surface area contributed by atoms with Crippen LogP contribution in [-0.4, -0.2) is 15.8 Å². The number of nitrogens with one attached hydrogen (secondary N) is 1. The summed E-state index contributed by atoms with van der Waals surface area (Å²) in [7, 11) is 0. The number of anilines is 1. The molecule has 0 fully saturated rings. The number of nitrogens with zero attached hydrogens (tertiary/aromatic N) is 2. The Bertz CT molecular complexity index is 817. The van der Waals surface area contributed by atoms with Crippen molar-refractivity contribution >= 4 is 23.0 Å². The Morgan fingerprint density at radius 1 is 1.00 bits per heavy atom. The number of amides is 1. The molecule has 2 aromatic carbocycles. The van der Waals surface area contributed by atoms with Crippen LogP contribution in [0.4, 0.5) is 17.1 Å². The van der Waals surface area contributed by atoms with Crippen LogP contribution in [0.3, 0.4) is 0 Å². The van der Waals surface area contributed by atoms with Crippen LogP contribution in [0.25, 0.3) is 0 Å². The SMILES string of the molecule is Cc1ccc(C(=O)Nc2cccc([N+](=O)[O-])c2C)cc1[N+](=O)[O-]. The molecule has 2 aromatic rings. The van der Waals surface area contributed by atoms with Gasteiger partial charge in [0.15, 0.2) is 0 Å². The standard InChI is InChI=1S/C15H13N3O5/c1-9-6-7-11(8-14(9)18(22)23)15(19)16-12-4-3-5-13(10(12)2)17(20)21/h3-8H,1-2H3,(H,16,19). The Labute approximate surface area is 131 Å². The van der Waals surface area contributed by atoms with Crippen molar-refractivity contribution in [3.05, 3.63) is 73.3 Å². The topological polar surface area (TPSA) is 115 Å². The first-order chi connectivity index (χ1) is 10.8. The molecular weight excluding hydrogens is 302 g/mol. The van der Waals surface area contributed by atoms with Crippen molar-refractivity contribution in [2.24, 2.45) is 0 Å². The van der Waals surface area contributed by atoms with E-state index in [-0.39, 0.29) is 22.6 Å². The zero-order valence-corrected chi connectivity index (χ0v) is 12.4. The van der Waals surface area contributed by atoms with Gasteiger partial charge in [0.2, 0.25) is 0 Å². The fraction of sp³-hybridized carbons (Fsp3) is 0.133. The van der Waals surface area contributed by atoms with E-state index in [2.05, 4.69) is 5.32 Å². The lowest BCUT2D eigenvalue weighted by molar-refractivity contribution is -0.385. The van der Waals surface area contributed by atoms with Gasteiger partial charge in [-0.3, -0.25) is 25.0 Å². The highest BCUT2D eigenvalue weighted by Crippen LogP contribution is 2.26. The molecule has 0 saturated heterocycles. The lowest BCUT2D eigenvalue weighted by atomic mass is 10.1. The van der Waals surface area contributed by atoms with Crippen LogP contribution in [0.1, 0.15) is 21.5 Å². The number of nitro benzene ring substituents is 2. The second-order valence-corrected chi connectivity index (χ2v) is 4.92. The molecule has 0 bridgehead atoms. The van der Waals surface area contributed by atoms with E-state index in [4.69, 9.17) is 0 Å². The summed E-state index contributed by atoms with van der Waals surface area (Å²) in [6.07, 6.45) is 0. The number of hydrogen-bond acceptors (Lipinski definition) is 5. The Hall–Kier alpha value is -3.29. The van der Waals surface area contributed by atoms with Crippen LogP contribution in [0.5, 0.6) is 0 Å². The van der Waals surface area contributed by atoms with E-state index in [0.29, 0.717) is 11.1 Å². The predicted molar refractivity (Wildman–Crippen MR) is 83.6 cm³/mol. The Morgan fingerprint density at radius 2 is 1.65 bits per heavy atom. The Kier molecular flexibility index (Phi) is 4.35. The summed E-state index contributed by atoms with van der Waals surface area (Å²) >= 11 is 0. The van der Waals surface area contributed by atoms with Crippen LogP contribution >= 0.6 is 0 Å². The molecule has 8 heteroatoms. The van der Waals surface area contributed by atoms with Crippen molar-refractivity contribution in [3.63, 3.8) is 0 Å². The molecule has 0 saturated carbocycles. The highest BCUT2D eigenvalue weighted by atomic mass is 16.6. The molecule has 118 valence electrons. The molecule has 0 aliphatic heterocycles. The molecule has 1 N–H and O–H groups in total. The molecule has 1 amide bonds. The summed E-state index contributed by atoms with van der Waals surface area (Å²) in [5.41, 5.74) is 0.872. The van der Waals surface area contributed by atoms with Crippen molar-refractivity contribution in [3.8, 4) is 0 Å². The number of hydrogen-bond donors (Lipinski definition) is 1. The minimum absolute atomic E-state index is 0.105. The van der Waals surface area contributed by atoms with E-state index in [1.807, 2.05) is 0 Å². The Morgan fingerprint density at radius 3 is 2.26 bits per heavy atom. The van der Waals surface area contributed by atoms with E-state index >= 15 is 0 Å². The number of carbonyl (C=O) groups excluding carboxylic acids is 1. The first kappa shape index (κ1) is 16.1. The summed E-state index contributed by atoms with van der Waals surface area (Å²) in [6, 6.07) is 8.44. The van der Waals surface area contributed by atoms with Crippen molar-refractivity contribution < 1.29 is 14.6 Å². The van der Waals surface area contributed by atoms with Crippen LogP contribution in [0, 0.1) is 34.1 Å². The molecule has 0 heterocycles. The average molecular weight is 315 g/mol. The van der Waals surface area contributed by atoms with Gasteiger partial charge in [-0.2, -0.15) is 0 Å². The molecule has 0 radical (unpaired) electrons. The lowest BCUT2D eigenvalue weighted by Crippen LogP contribution is -2.13. The van der Waals surface area contributed by atoms with Gasteiger partial charge in [0.1, 0.15) is 0 Å². The quantitative estimate of drug-likeness (QED) is 0.686. The largest absolute Gasteiger partial charge is 0.321 e. The zero-order valence-electron chi connectivity index (χ0n) is 12.4. The van der Waals surface area contributed by atoms with Crippen molar-refractivity contribution in [1.82, 2.24) is 0 Å². The second kappa shape index (κ2) is 6.22. The molecule has 0 aliphatic rings. The maximum absolute atomic E-state index is 12.2. The van der Waals surface area contributed by atoms with Crippen molar-refractivity contribution in [2.45, 2.75) is 13.8 Å². The molecule has 0 aliphatic carbocycles. The molecule has 8 nitrogen and oxygen atoms in total. The van der Waals surface area contributed by atoms with Gasteiger partial charge in [0.05, 0.1) is 21.1 Å². The molecule has 2 rings (SSSR count). The first-order valence-electron chi connectivity index (χ1n) is 6.61. The molecule has 0 atom stereocenters. The normalized spacial score (nSPS) is 10.2. The maximum atomic E-state index is 12.2. The van der Waals surface area contributed by atoms with Crippen LogP contribution < -0.4 is 5.32 Å². The fourth-order valence-electron chi connectivity index (χ4n) is 2.10. The third-order valence-electron chi connectivity index (χ3n) is 3.42. The van der Waals surface area contributed by atoms with Gasteiger partial charge in [-0.1, -0.05) is 12.1 Å². The van der Waals surface area contributed by atoms with Gasteiger partial charge in [-0.05, 0) is 26.0 Å². The van der Waals surface area contributed by atoms with E-state index in [1.54, 1.807) is 6.92 Å². The van der Waals surface area contributed by atoms with Crippen molar-refractivity contribution in [1.29, 1.82) is 0 Å². The van der Waals surface area contributed by atoms with Gasteiger partial charge < -0.3 is 5.32 Å². The summed E-state index contributed by atoms with van der Waals surface area (Å²) < 4.78 is 0. The van der Waals surface area contributed by atoms with Crippen LogP contribution in [0.2, 0.25) is 0 Å². The average Bonchev–Trinajstić information content (AvgIpc) is 2.49. The predicted octanol–water partition coefficient (Wildman–Crippen LogP) is 3.37. The maximum Gasteiger partial charge on any atom is 0.274 e. The van der Waals surface area contributed by atoms with Gasteiger partial charge >= 0.3 is 0 Å². The number of nitro groups is 2. The van der Waals surface area contributed by atoms with Crippen LogP contribution in [-0.2, 0) is 0 Å². The minimum atomic E-state index is -0.573. The van der Waals surface area contributed by atoms with Gasteiger partial charge in [-0.15, -0.1) is 0 Å². The summed E-state index contributed by atoms with van der Waals surface area (Å²) in [5, 5.41) is 24.4. The highest BCUT2D eigenvalue weighted by molar-refractivity contribution is 6.05. The first-order valence-corrected chi connectivity index (χ1v) is 6.61. The van der Waals surface area contributed by atoms with E-state index in [9.17, 15) is 25.0 Å². The number of benzene rings is 2. The van der Waals surface area contributed by atoms with Crippen LogP contribution in [0.15, 0.2) is 36.4 Å². The third kappa shape index (κ3) is 3.31. The molecule has 0 aromatic heterocycles. The van der Waals surface area contributed by atoms with Gasteiger partial charge in [0.25, 0.3) is 17.3 Å². The number of carbonyl (C=O) groups is 1. The zero-order chi connectivity index (χ0) is 17.1. The van der Waals surface area contributed by atoms with E-state index < -0.39 is 15.8 Å². The molecule has 23 heavy (non-hydrogen) atoms. The highest BCUT2D eigenvalue weighted by Gasteiger charge is 2.18.